The number of amides is 3. The Kier molecular flexibility index (Phi) is 14.5. The second-order valence-electron chi connectivity index (χ2n) is 8.67. The van der Waals surface area contributed by atoms with Crippen molar-refractivity contribution in [2.24, 2.45) is 0 Å². The molecule has 0 spiro atoms. The highest BCUT2D eigenvalue weighted by molar-refractivity contribution is 7.18. The maximum atomic E-state index is 13.0. The average Bonchev–Trinajstić information content (AvgIpc) is 3.10. The van der Waals surface area contributed by atoms with E-state index in [1.807, 2.05) is 0 Å². The fourth-order valence-electron chi connectivity index (χ4n) is 3.77. The fourth-order valence-corrected chi connectivity index (χ4v) is 4.87. The molecule has 1 heterocycles. The summed E-state index contributed by atoms with van der Waals surface area (Å²) in [7, 11) is 0. The van der Waals surface area contributed by atoms with Gasteiger partial charge in [0, 0.05) is 12.6 Å². The maximum absolute atomic E-state index is 13.0. The number of carboxylic acid groups (broad SMARTS) is 1. The van der Waals surface area contributed by atoms with Crippen LogP contribution >= 0.6 is 11.3 Å². The first kappa shape index (κ1) is 28.9. The van der Waals surface area contributed by atoms with Crippen LogP contribution in [0.1, 0.15) is 123 Å². The third-order valence-corrected chi connectivity index (χ3v) is 6.96. The lowest BCUT2D eigenvalue weighted by Crippen LogP contribution is -2.34. The van der Waals surface area contributed by atoms with Crippen molar-refractivity contribution < 1.29 is 19.5 Å². The SMILES string of the molecule is CCCCCCCCNC(=O)Nc1sc(C(=O)NC(CCCC)CCCC)c(C)c1C(=O)O. The zero-order valence-electron chi connectivity index (χ0n) is 20.8. The molecule has 0 aliphatic carbocycles. The monoisotopic (exact) mass is 481 g/mol. The van der Waals surface area contributed by atoms with Crippen molar-refractivity contribution in [3.63, 3.8) is 0 Å². The molecule has 3 amide bonds. The molecule has 1 rings (SSSR count). The first-order chi connectivity index (χ1) is 15.8. The van der Waals surface area contributed by atoms with Gasteiger partial charge in [0.2, 0.25) is 0 Å². The highest BCUT2D eigenvalue weighted by Gasteiger charge is 2.26. The van der Waals surface area contributed by atoms with Crippen LogP contribution in [0.15, 0.2) is 0 Å². The van der Waals surface area contributed by atoms with Crippen LogP contribution in [0.3, 0.4) is 0 Å². The van der Waals surface area contributed by atoms with Crippen LogP contribution in [0.5, 0.6) is 0 Å². The lowest BCUT2D eigenvalue weighted by molar-refractivity contribution is 0.0697. The molecule has 4 N–H and O–H groups in total. The summed E-state index contributed by atoms with van der Waals surface area (Å²) < 4.78 is 0. The van der Waals surface area contributed by atoms with E-state index in [1.54, 1.807) is 6.92 Å². The molecule has 0 fully saturated rings. The Morgan fingerprint density at radius 3 is 2.03 bits per heavy atom. The van der Waals surface area contributed by atoms with Gasteiger partial charge in [0.05, 0.1) is 10.4 Å². The quantitative estimate of drug-likeness (QED) is 0.185. The lowest BCUT2D eigenvalue weighted by Gasteiger charge is -2.18. The molecule has 1 aromatic rings. The van der Waals surface area contributed by atoms with Gasteiger partial charge in [-0.2, -0.15) is 0 Å². The number of hydrogen-bond acceptors (Lipinski definition) is 4. The number of urea groups is 1. The summed E-state index contributed by atoms with van der Waals surface area (Å²) in [6, 6.07) is -0.368. The highest BCUT2D eigenvalue weighted by Crippen LogP contribution is 2.33. The predicted molar refractivity (Wildman–Crippen MR) is 137 cm³/mol. The van der Waals surface area contributed by atoms with E-state index in [0.29, 0.717) is 17.0 Å². The molecule has 1 aromatic heterocycles. The Bertz CT molecular complexity index is 740. The van der Waals surface area contributed by atoms with E-state index in [4.69, 9.17) is 0 Å². The van der Waals surface area contributed by atoms with Gasteiger partial charge < -0.3 is 15.7 Å². The number of unbranched alkanes of at least 4 members (excludes halogenated alkanes) is 7. The van der Waals surface area contributed by atoms with Crippen molar-refractivity contribution in [2.75, 3.05) is 11.9 Å². The molecule has 0 bridgehead atoms. The van der Waals surface area contributed by atoms with Crippen LogP contribution in [0.2, 0.25) is 0 Å². The van der Waals surface area contributed by atoms with Gasteiger partial charge in [0.25, 0.3) is 5.91 Å². The van der Waals surface area contributed by atoms with Crippen molar-refractivity contribution in [1.29, 1.82) is 0 Å². The molecule has 0 aliphatic rings. The van der Waals surface area contributed by atoms with E-state index in [2.05, 4.69) is 36.7 Å². The highest BCUT2D eigenvalue weighted by atomic mass is 32.1. The Morgan fingerprint density at radius 1 is 0.879 bits per heavy atom. The van der Waals surface area contributed by atoms with E-state index < -0.39 is 12.0 Å². The second-order valence-corrected chi connectivity index (χ2v) is 9.69. The maximum Gasteiger partial charge on any atom is 0.339 e. The summed E-state index contributed by atoms with van der Waals surface area (Å²) >= 11 is 1.03. The molecule has 0 saturated heterocycles. The van der Waals surface area contributed by atoms with E-state index in [1.165, 1.54) is 19.3 Å². The molecule has 7 nitrogen and oxygen atoms in total. The van der Waals surface area contributed by atoms with Crippen LogP contribution in [-0.2, 0) is 0 Å². The van der Waals surface area contributed by atoms with Gasteiger partial charge in [-0.25, -0.2) is 9.59 Å². The van der Waals surface area contributed by atoms with Crippen molar-refractivity contribution in [3.8, 4) is 0 Å². The van der Waals surface area contributed by atoms with Gasteiger partial charge in [0.1, 0.15) is 5.00 Å². The van der Waals surface area contributed by atoms with Crippen molar-refractivity contribution >= 4 is 34.2 Å². The summed E-state index contributed by atoms with van der Waals surface area (Å²) in [4.78, 5) is 37.5. The van der Waals surface area contributed by atoms with E-state index in [9.17, 15) is 19.5 Å². The van der Waals surface area contributed by atoms with Crippen LogP contribution in [0, 0.1) is 6.92 Å². The number of anilines is 1. The molecule has 0 unspecified atom stereocenters. The molecule has 0 radical (unpaired) electrons. The van der Waals surface area contributed by atoms with E-state index in [0.717, 1.165) is 69.1 Å². The van der Waals surface area contributed by atoms with Gasteiger partial charge in [-0.05, 0) is 31.7 Å². The zero-order chi connectivity index (χ0) is 24.6. The van der Waals surface area contributed by atoms with Gasteiger partial charge in [-0.1, -0.05) is 78.6 Å². The van der Waals surface area contributed by atoms with Gasteiger partial charge in [-0.15, -0.1) is 11.3 Å². The number of carboxylic acids is 1. The molecule has 33 heavy (non-hydrogen) atoms. The number of rotatable bonds is 17. The van der Waals surface area contributed by atoms with Gasteiger partial charge in [-0.3, -0.25) is 10.1 Å². The summed E-state index contributed by atoms with van der Waals surface area (Å²) in [5, 5.41) is 18.4. The zero-order valence-corrected chi connectivity index (χ0v) is 21.7. The minimum Gasteiger partial charge on any atom is -0.478 e. The summed E-state index contributed by atoms with van der Waals surface area (Å²) in [5.74, 6) is -1.42. The molecule has 8 heteroatoms. The third-order valence-electron chi connectivity index (χ3n) is 5.76. The predicted octanol–water partition coefficient (Wildman–Crippen LogP) is 6.72. The minimum atomic E-state index is -1.15. The molecule has 0 saturated carbocycles. The van der Waals surface area contributed by atoms with Crippen molar-refractivity contribution in [2.45, 2.75) is 111 Å². The summed E-state index contributed by atoms with van der Waals surface area (Å²) in [6.07, 6.45) is 12.7. The number of nitrogens with one attached hydrogen (secondary N) is 3. The third kappa shape index (κ3) is 10.6. The van der Waals surface area contributed by atoms with E-state index in [-0.39, 0.29) is 22.5 Å². The second kappa shape index (κ2) is 16.5. The standard InChI is InChI=1S/C25H43N3O4S/c1-5-8-11-12-13-14-17-26-25(32)28-23-20(24(30)31)18(4)21(33-23)22(29)27-19(15-9-6-2)16-10-7-3/h19H,5-17H2,1-4H3,(H,27,29)(H,30,31)(H2,26,28,32). The minimum absolute atomic E-state index is 0.0152. The Balaban J connectivity index is 2.77. The largest absolute Gasteiger partial charge is 0.478 e. The Morgan fingerprint density at radius 2 is 1.45 bits per heavy atom. The molecule has 188 valence electrons. The van der Waals surface area contributed by atoms with E-state index >= 15 is 0 Å². The molecular weight excluding hydrogens is 438 g/mol. The number of thiophene rings is 1. The normalized spacial score (nSPS) is 10.9. The first-order valence-corrected chi connectivity index (χ1v) is 13.4. The van der Waals surface area contributed by atoms with Gasteiger partial charge >= 0.3 is 12.0 Å². The number of aromatic carboxylic acids is 1. The average molecular weight is 482 g/mol. The fraction of sp³-hybridized carbons (Fsp3) is 0.720. The van der Waals surface area contributed by atoms with Crippen LogP contribution in [-0.4, -0.2) is 35.6 Å². The van der Waals surface area contributed by atoms with Crippen LogP contribution in [0.25, 0.3) is 0 Å². The molecular formula is C25H43N3O4S. The number of carbonyl (C=O) groups is 3. The number of carbonyl (C=O) groups excluding carboxylic acids is 2. The smallest absolute Gasteiger partial charge is 0.339 e. The van der Waals surface area contributed by atoms with Gasteiger partial charge in [0.15, 0.2) is 0 Å². The van der Waals surface area contributed by atoms with Crippen LogP contribution in [0.4, 0.5) is 9.80 Å². The summed E-state index contributed by atoms with van der Waals surface area (Å²) in [6.45, 7) is 8.58. The molecule has 0 atom stereocenters. The van der Waals surface area contributed by atoms with Crippen LogP contribution < -0.4 is 16.0 Å². The first-order valence-electron chi connectivity index (χ1n) is 12.6. The molecule has 0 aliphatic heterocycles. The van der Waals surface area contributed by atoms with Crippen molar-refractivity contribution in [3.05, 3.63) is 16.0 Å². The lowest BCUT2D eigenvalue weighted by atomic mass is 10.0. The number of hydrogen-bond donors (Lipinski definition) is 4. The summed E-state index contributed by atoms with van der Waals surface area (Å²) in [5.41, 5.74) is 0.375. The Labute approximate surface area is 203 Å². The Hall–Kier alpha value is -2.09. The van der Waals surface area contributed by atoms with Crippen molar-refractivity contribution in [1.82, 2.24) is 10.6 Å². The topological polar surface area (TPSA) is 108 Å². The molecule has 0 aromatic carbocycles.